The Labute approximate surface area is 151 Å². The first kappa shape index (κ1) is 17.5. The van der Waals surface area contributed by atoms with E-state index >= 15 is 0 Å². The average Bonchev–Trinajstić information content (AvgIpc) is 3.00. The molecule has 0 unspecified atom stereocenters. The van der Waals surface area contributed by atoms with E-state index in [1.165, 1.54) is 0 Å². The van der Waals surface area contributed by atoms with E-state index in [1.807, 2.05) is 30.3 Å². The summed E-state index contributed by atoms with van der Waals surface area (Å²) in [5, 5.41) is 3.42. The number of hydrogen-bond acceptors (Lipinski definition) is 4. The topological polar surface area (TPSA) is 80.4 Å². The van der Waals surface area contributed by atoms with Crippen LogP contribution < -0.4 is 14.8 Å². The van der Waals surface area contributed by atoms with Crippen LogP contribution >= 0.6 is 0 Å². The second kappa shape index (κ2) is 7.31. The molecule has 2 N–H and O–H groups in total. The second-order valence-corrected chi connectivity index (χ2v) is 5.87. The maximum Gasteiger partial charge on any atom is 0.292 e. The average molecular weight is 352 g/mol. The number of aryl methyl sites for hydroxylation is 1. The highest BCUT2D eigenvalue weighted by Crippen LogP contribution is 2.27. The number of hydrogen-bond donors (Lipinski definition) is 2. The quantitative estimate of drug-likeness (QED) is 0.528. The Morgan fingerprint density at radius 1 is 1.04 bits per heavy atom. The van der Waals surface area contributed by atoms with Crippen molar-refractivity contribution in [1.82, 2.24) is 10.3 Å². The minimum absolute atomic E-state index is 0.215. The van der Waals surface area contributed by atoms with Crippen molar-refractivity contribution >= 4 is 22.6 Å². The van der Waals surface area contributed by atoms with Gasteiger partial charge in [-0.3, -0.25) is 9.59 Å². The van der Waals surface area contributed by atoms with Gasteiger partial charge < -0.3 is 19.8 Å². The lowest BCUT2D eigenvalue weighted by Gasteiger charge is -2.10. The van der Waals surface area contributed by atoms with E-state index in [0.29, 0.717) is 22.8 Å². The molecule has 1 amide bonds. The number of ketones is 1. The van der Waals surface area contributed by atoms with Crippen molar-refractivity contribution in [2.24, 2.45) is 0 Å². The maximum atomic E-state index is 12.6. The summed E-state index contributed by atoms with van der Waals surface area (Å²) in [6.07, 6.45) is 0. The fourth-order valence-electron chi connectivity index (χ4n) is 2.94. The molecule has 1 heterocycles. The highest BCUT2D eigenvalue weighted by Gasteiger charge is 2.22. The van der Waals surface area contributed by atoms with Gasteiger partial charge in [-0.1, -0.05) is 24.3 Å². The predicted octanol–water partition coefficient (Wildman–Crippen LogP) is 2.99. The molecule has 0 aliphatic carbocycles. The Hall–Kier alpha value is -3.28. The van der Waals surface area contributed by atoms with E-state index in [1.54, 1.807) is 33.3 Å². The zero-order chi connectivity index (χ0) is 18.7. The van der Waals surface area contributed by atoms with Gasteiger partial charge in [-0.05, 0) is 30.7 Å². The van der Waals surface area contributed by atoms with Crippen molar-refractivity contribution in [1.29, 1.82) is 0 Å². The van der Waals surface area contributed by atoms with Gasteiger partial charge in [0.05, 0.1) is 19.8 Å². The Kier molecular flexibility index (Phi) is 4.93. The molecule has 0 aliphatic rings. The number of para-hydroxylation sites is 1. The van der Waals surface area contributed by atoms with Crippen LogP contribution in [0.25, 0.3) is 10.9 Å². The third-order valence-corrected chi connectivity index (χ3v) is 4.23. The highest BCUT2D eigenvalue weighted by molar-refractivity contribution is 6.45. The molecule has 0 radical (unpaired) electrons. The summed E-state index contributed by atoms with van der Waals surface area (Å²) in [4.78, 5) is 28.1. The first-order valence-corrected chi connectivity index (χ1v) is 8.16. The van der Waals surface area contributed by atoms with Crippen LogP contribution in [0.15, 0.2) is 42.5 Å². The van der Waals surface area contributed by atoms with Crippen LogP contribution in [0.4, 0.5) is 0 Å². The molecule has 6 nitrogen and oxygen atoms in total. The van der Waals surface area contributed by atoms with Gasteiger partial charge in [0.25, 0.3) is 11.7 Å². The molecule has 0 spiro atoms. The number of ether oxygens (including phenoxy) is 2. The first-order valence-electron chi connectivity index (χ1n) is 8.16. The number of rotatable bonds is 6. The number of fused-ring (bicyclic) bond motifs is 1. The van der Waals surface area contributed by atoms with Crippen LogP contribution in [0.2, 0.25) is 0 Å². The van der Waals surface area contributed by atoms with E-state index in [9.17, 15) is 9.59 Å². The van der Waals surface area contributed by atoms with Crippen molar-refractivity contribution in [3.8, 4) is 11.5 Å². The molecular formula is C20H20N2O4. The summed E-state index contributed by atoms with van der Waals surface area (Å²) < 4.78 is 10.4. The summed E-state index contributed by atoms with van der Waals surface area (Å²) in [6, 6.07) is 12.8. The van der Waals surface area contributed by atoms with Crippen LogP contribution in [0, 0.1) is 6.92 Å². The second-order valence-electron chi connectivity index (χ2n) is 5.87. The lowest BCUT2D eigenvalue weighted by atomic mass is 10.1. The molecular weight excluding hydrogens is 332 g/mol. The third kappa shape index (κ3) is 3.26. The summed E-state index contributed by atoms with van der Waals surface area (Å²) in [5.41, 5.74) is 2.73. The Bertz CT molecular complexity index is 975. The van der Waals surface area contributed by atoms with E-state index in [4.69, 9.17) is 9.47 Å². The fraction of sp³-hybridized carbons (Fsp3) is 0.200. The normalized spacial score (nSPS) is 10.6. The molecule has 6 heteroatoms. The van der Waals surface area contributed by atoms with Crippen LogP contribution in [0.3, 0.4) is 0 Å². The van der Waals surface area contributed by atoms with Gasteiger partial charge in [-0.2, -0.15) is 0 Å². The third-order valence-electron chi connectivity index (χ3n) is 4.23. The lowest BCUT2D eigenvalue weighted by Crippen LogP contribution is -2.30. The van der Waals surface area contributed by atoms with Crippen molar-refractivity contribution in [2.75, 3.05) is 14.2 Å². The molecule has 2 aromatic carbocycles. The molecule has 134 valence electrons. The van der Waals surface area contributed by atoms with Crippen LogP contribution in [-0.4, -0.2) is 30.9 Å². The number of nitrogens with one attached hydrogen (secondary N) is 2. The van der Waals surface area contributed by atoms with Crippen molar-refractivity contribution in [2.45, 2.75) is 13.5 Å². The molecule has 26 heavy (non-hydrogen) atoms. The number of aromatic amines is 1. The standard InChI is InChI=1S/C20H20N2O4/c1-12-18(14-6-4-5-7-15(14)22-12)19(23)20(24)21-11-13-8-9-16(25-2)17(10-13)26-3/h4-10,22H,11H2,1-3H3,(H,21,24). The van der Waals surface area contributed by atoms with Gasteiger partial charge in [0, 0.05) is 23.1 Å². The molecule has 0 bridgehead atoms. The summed E-state index contributed by atoms with van der Waals surface area (Å²) >= 11 is 0. The number of Topliss-reactive ketones (excluding diaryl/α,β-unsaturated/α-hetero) is 1. The Balaban J connectivity index is 1.76. The predicted molar refractivity (Wildman–Crippen MR) is 98.8 cm³/mol. The molecule has 0 saturated carbocycles. The molecule has 0 saturated heterocycles. The van der Waals surface area contributed by atoms with E-state index < -0.39 is 11.7 Å². The Morgan fingerprint density at radius 2 is 1.77 bits per heavy atom. The van der Waals surface area contributed by atoms with Gasteiger partial charge >= 0.3 is 0 Å². The van der Waals surface area contributed by atoms with Gasteiger partial charge in [-0.25, -0.2) is 0 Å². The smallest absolute Gasteiger partial charge is 0.292 e. The summed E-state index contributed by atoms with van der Waals surface area (Å²) in [7, 11) is 3.10. The monoisotopic (exact) mass is 352 g/mol. The van der Waals surface area contributed by atoms with Gasteiger partial charge in [-0.15, -0.1) is 0 Å². The zero-order valence-electron chi connectivity index (χ0n) is 14.9. The Morgan fingerprint density at radius 3 is 2.50 bits per heavy atom. The summed E-state index contributed by atoms with van der Waals surface area (Å²) in [5.74, 6) is -0.0285. The van der Waals surface area contributed by atoms with Crippen LogP contribution in [-0.2, 0) is 11.3 Å². The van der Waals surface area contributed by atoms with Crippen molar-refractivity contribution < 1.29 is 19.1 Å². The lowest BCUT2D eigenvalue weighted by molar-refractivity contribution is -0.117. The van der Waals surface area contributed by atoms with Crippen molar-refractivity contribution in [3.05, 3.63) is 59.3 Å². The van der Waals surface area contributed by atoms with Crippen LogP contribution in [0.1, 0.15) is 21.6 Å². The maximum absolute atomic E-state index is 12.6. The molecule has 0 atom stereocenters. The van der Waals surface area contributed by atoms with Gasteiger partial charge in [0.1, 0.15) is 0 Å². The number of amides is 1. The van der Waals surface area contributed by atoms with Crippen LogP contribution in [0.5, 0.6) is 11.5 Å². The molecule has 1 aromatic heterocycles. The number of carbonyl (C=O) groups is 2. The molecule has 0 aliphatic heterocycles. The first-order chi connectivity index (χ1) is 12.5. The molecule has 3 rings (SSSR count). The molecule has 0 fully saturated rings. The number of carbonyl (C=O) groups excluding carboxylic acids is 2. The van der Waals surface area contributed by atoms with Gasteiger partial charge in [0.2, 0.25) is 0 Å². The number of benzene rings is 2. The fourth-order valence-corrected chi connectivity index (χ4v) is 2.94. The zero-order valence-corrected chi connectivity index (χ0v) is 14.9. The van der Waals surface area contributed by atoms with E-state index in [0.717, 1.165) is 16.5 Å². The largest absolute Gasteiger partial charge is 0.493 e. The minimum Gasteiger partial charge on any atom is -0.493 e. The number of H-pyrrole nitrogens is 1. The SMILES string of the molecule is COc1ccc(CNC(=O)C(=O)c2c(C)[nH]c3ccccc23)cc1OC. The number of methoxy groups -OCH3 is 2. The van der Waals surface area contributed by atoms with E-state index in [-0.39, 0.29) is 6.54 Å². The minimum atomic E-state index is -0.646. The molecule has 3 aromatic rings. The van der Waals surface area contributed by atoms with E-state index in [2.05, 4.69) is 10.3 Å². The van der Waals surface area contributed by atoms with Crippen molar-refractivity contribution in [3.63, 3.8) is 0 Å². The highest BCUT2D eigenvalue weighted by atomic mass is 16.5. The summed E-state index contributed by atoms with van der Waals surface area (Å²) in [6.45, 7) is 2.00. The number of aromatic nitrogens is 1. The van der Waals surface area contributed by atoms with Gasteiger partial charge in [0.15, 0.2) is 11.5 Å².